The van der Waals surface area contributed by atoms with Crippen LogP contribution in [0.1, 0.15) is 60.4 Å². The summed E-state index contributed by atoms with van der Waals surface area (Å²) in [7, 11) is 0. The average Bonchev–Trinajstić information content (AvgIpc) is 3.07. The van der Waals surface area contributed by atoms with Crippen molar-refractivity contribution in [3.8, 4) is 5.75 Å². The van der Waals surface area contributed by atoms with Gasteiger partial charge in [-0.3, -0.25) is 4.79 Å². The molecule has 1 heterocycles. The fourth-order valence-electron chi connectivity index (χ4n) is 3.68. The molecular weight excluding hydrogens is 333 g/mol. The lowest BCUT2D eigenvalue weighted by atomic mass is 9.89. The van der Waals surface area contributed by atoms with Gasteiger partial charge in [0, 0.05) is 6.04 Å². The molecule has 1 amide bonds. The van der Waals surface area contributed by atoms with Crippen LogP contribution < -0.4 is 15.4 Å². The van der Waals surface area contributed by atoms with Gasteiger partial charge in [-0.25, -0.2) is 0 Å². The smallest absolute Gasteiger partial charge is 0.405 e. The number of rotatable bonds is 4. The van der Waals surface area contributed by atoms with Gasteiger partial charge in [0.2, 0.25) is 0 Å². The van der Waals surface area contributed by atoms with Crippen molar-refractivity contribution < 1.29 is 22.7 Å². The molecule has 0 bridgehead atoms. The van der Waals surface area contributed by atoms with Crippen molar-refractivity contribution >= 4 is 5.91 Å². The van der Waals surface area contributed by atoms with Gasteiger partial charge in [0.05, 0.1) is 5.56 Å². The fraction of sp³-hybridized carbons (Fsp3) is 0.611. The number of amides is 1. The maximum absolute atomic E-state index is 12.7. The van der Waals surface area contributed by atoms with Crippen molar-refractivity contribution in [2.75, 3.05) is 13.1 Å². The van der Waals surface area contributed by atoms with E-state index in [1.54, 1.807) is 12.1 Å². The molecule has 0 unspecified atom stereocenters. The Morgan fingerprint density at radius 2 is 1.80 bits per heavy atom. The number of carbonyl (C=O) groups excluding carboxylic acids is 1. The van der Waals surface area contributed by atoms with Crippen LogP contribution in [0.4, 0.5) is 13.2 Å². The first-order valence-corrected chi connectivity index (χ1v) is 8.83. The molecule has 2 aliphatic rings. The van der Waals surface area contributed by atoms with Gasteiger partial charge in [-0.1, -0.05) is 18.9 Å². The third-order valence-corrected chi connectivity index (χ3v) is 4.97. The normalized spacial score (nSPS) is 19.8. The molecule has 1 aromatic rings. The van der Waals surface area contributed by atoms with E-state index < -0.39 is 18.0 Å². The Hall–Kier alpha value is -1.76. The maximum atomic E-state index is 12.7. The third kappa shape index (κ3) is 4.87. The number of ether oxygens (including phenoxy) is 1. The lowest BCUT2D eigenvalue weighted by molar-refractivity contribution is -0.274. The fourth-order valence-corrected chi connectivity index (χ4v) is 3.68. The highest BCUT2D eigenvalue weighted by atomic mass is 19.4. The van der Waals surface area contributed by atoms with E-state index in [0.717, 1.165) is 57.2 Å². The third-order valence-electron chi connectivity index (χ3n) is 4.97. The van der Waals surface area contributed by atoms with Crippen molar-refractivity contribution in [3.63, 3.8) is 0 Å². The van der Waals surface area contributed by atoms with E-state index in [1.807, 2.05) is 0 Å². The zero-order valence-corrected chi connectivity index (χ0v) is 14.0. The summed E-state index contributed by atoms with van der Waals surface area (Å²) in [6.45, 7) is 1.74. The second-order valence-electron chi connectivity index (χ2n) is 6.78. The highest BCUT2D eigenvalue weighted by Gasteiger charge is 2.33. The minimum Gasteiger partial charge on any atom is -0.405 e. The molecule has 4 nitrogen and oxygen atoms in total. The molecule has 1 saturated carbocycles. The first kappa shape index (κ1) is 18.0. The molecule has 2 fully saturated rings. The number of carbonyl (C=O) groups is 1. The van der Waals surface area contributed by atoms with E-state index >= 15 is 0 Å². The predicted octanol–water partition coefficient (Wildman–Crippen LogP) is 3.72. The van der Waals surface area contributed by atoms with Crippen LogP contribution in [-0.2, 0) is 0 Å². The van der Waals surface area contributed by atoms with Crippen LogP contribution in [0.3, 0.4) is 0 Å². The molecule has 0 aromatic heterocycles. The molecule has 1 aliphatic heterocycles. The van der Waals surface area contributed by atoms with Crippen LogP contribution in [0, 0.1) is 0 Å². The summed E-state index contributed by atoms with van der Waals surface area (Å²) in [5.74, 6) is -0.665. The molecule has 1 aromatic carbocycles. The van der Waals surface area contributed by atoms with Gasteiger partial charge in [0.25, 0.3) is 5.91 Å². The second-order valence-corrected chi connectivity index (χ2v) is 6.78. The zero-order valence-electron chi connectivity index (χ0n) is 14.0. The van der Waals surface area contributed by atoms with E-state index in [0.29, 0.717) is 0 Å². The van der Waals surface area contributed by atoms with E-state index in [1.165, 1.54) is 6.07 Å². The van der Waals surface area contributed by atoms with Crippen molar-refractivity contribution in [2.45, 2.75) is 56.8 Å². The zero-order chi connectivity index (χ0) is 17.9. The molecular formula is C18H23F3N2O2. The van der Waals surface area contributed by atoms with E-state index in [4.69, 9.17) is 0 Å². The van der Waals surface area contributed by atoms with Crippen LogP contribution in [0.5, 0.6) is 5.75 Å². The minimum atomic E-state index is -4.82. The van der Waals surface area contributed by atoms with E-state index in [-0.39, 0.29) is 17.5 Å². The van der Waals surface area contributed by atoms with Crippen molar-refractivity contribution in [1.82, 2.24) is 10.6 Å². The molecule has 3 rings (SSSR count). The largest absolute Gasteiger partial charge is 0.573 e. The van der Waals surface area contributed by atoms with Gasteiger partial charge in [-0.05, 0) is 62.4 Å². The number of nitrogens with one attached hydrogen (secondary N) is 2. The molecule has 25 heavy (non-hydrogen) atoms. The standard InChI is InChI=1S/C18H23F3N2O2/c19-18(20,21)25-16-6-5-13(12-7-9-22-10-8-12)11-15(16)17(24)23-14-3-1-2-4-14/h5-6,11-12,14,22H,1-4,7-10H2,(H,23,24). The summed E-state index contributed by atoms with van der Waals surface area (Å²) in [4.78, 5) is 12.6. The maximum Gasteiger partial charge on any atom is 0.573 e. The number of piperidine rings is 1. The molecule has 2 N–H and O–H groups in total. The lowest BCUT2D eigenvalue weighted by Gasteiger charge is -2.24. The Balaban J connectivity index is 1.85. The Labute approximate surface area is 145 Å². The number of halogens is 3. The Bertz CT molecular complexity index is 607. The minimum absolute atomic E-state index is 0.0275. The highest BCUT2D eigenvalue weighted by Crippen LogP contribution is 2.32. The quantitative estimate of drug-likeness (QED) is 0.864. The lowest BCUT2D eigenvalue weighted by Crippen LogP contribution is -2.33. The second kappa shape index (κ2) is 7.64. The molecule has 138 valence electrons. The molecule has 7 heteroatoms. The van der Waals surface area contributed by atoms with Crippen LogP contribution in [0.25, 0.3) is 0 Å². The summed E-state index contributed by atoms with van der Waals surface area (Å²) in [5, 5.41) is 6.11. The van der Waals surface area contributed by atoms with Gasteiger partial charge in [-0.2, -0.15) is 0 Å². The van der Waals surface area contributed by atoms with Crippen LogP contribution in [0.15, 0.2) is 18.2 Å². The van der Waals surface area contributed by atoms with Crippen molar-refractivity contribution in [2.24, 2.45) is 0 Å². The molecule has 0 radical (unpaired) electrons. The topological polar surface area (TPSA) is 50.4 Å². The monoisotopic (exact) mass is 356 g/mol. The first-order chi connectivity index (χ1) is 11.9. The van der Waals surface area contributed by atoms with Crippen LogP contribution >= 0.6 is 0 Å². The molecule has 1 aliphatic carbocycles. The molecule has 1 saturated heterocycles. The highest BCUT2D eigenvalue weighted by molar-refractivity contribution is 5.97. The number of benzene rings is 1. The Kier molecular flexibility index (Phi) is 5.51. The summed E-state index contributed by atoms with van der Waals surface area (Å²) >= 11 is 0. The number of alkyl halides is 3. The SMILES string of the molecule is O=C(NC1CCCC1)c1cc(C2CCNCC2)ccc1OC(F)(F)F. The number of hydrogen-bond acceptors (Lipinski definition) is 3. The van der Waals surface area contributed by atoms with Gasteiger partial charge in [0.1, 0.15) is 5.75 Å². The summed E-state index contributed by atoms with van der Waals surface area (Å²) < 4.78 is 42.1. The first-order valence-electron chi connectivity index (χ1n) is 8.83. The van der Waals surface area contributed by atoms with Gasteiger partial charge < -0.3 is 15.4 Å². The molecule has 0 spiro atoms. The molecule has 0 atom stereocenters. The van der Waals surface area contributed by atoms with Crippen molar-refractivity contribution in [1.29, 1.82) is 0 Å². The van der Waals surface area contributed by atoms with Gasteiger partial charge >= 0.3 is 6.36 Å². The average molecular weight is 356 g/mol. The van der Waals surface area contributed by atoms with Gasteiger partial charge in [0.15, 0.2) is 0 Å². The summed E-state index contributed by atoms with van der Waals surface area (Å²) in [5.41, 5.74) is 0.868. The predicted molar refractivity (Wildman–Crippen MR) is 87.7 cm³/mol. The summed E-state index contributed by atoms with van der Waals surface area (Å²) in [6.07, 6.45) is 0.799. The van der Waals surface area contributed by atoms with E-state index in [2.05, 4.69) is 15.4 Å². The van der Waals surface area contributed by atoms with Crippen LogP contribution in [-0.4, -0.2) is 31.4 Å². The number of hydrogen-bond donors (Lipinski definition) is 2. The summed E-state index contributed by atoms with van der Waals surface area (Å²) in [6, 6.07) is 4.52. The van der Waals surface area contributed by atoms with Gasteiger partial charge in [-0.15, -0.1) is 13.2 Å². The van der Waals surface area contributed by atoms with E-state index in [9.17, 15) is 18.0 Å². The Morgan fingerprint density at radius 1 is 1.12 bits per heavy atom. The van der Waals surface area contributed by atoms with Crippen LogP contribution in [0.2, 0.25) is 0 Å². The van der Waals surface area contributed by atoms with Crippen molar-refractivity contribution in [3.05, 3.63) is 29.3 Å². The Morgan fingerprint density at radius 3 is 2.44 bits per heavy atom.